The molecule has 1 aliphatic heterocycles. The van der Waals surface area contributed by atoms with Crippen LogP contribution < -0.4 is 4.90 Å². The second kappa shape index (κ2) is 5.96. The number of hydrogen-bond donors (Lipinski definition) is 0. The van der Waals surface area contributed by atoms with E-state index in [0.717, 1.165) is 24.2 Å². The van der Waals surface area contributed by atoms with Crippen LogP contribution in [-0.4, -0.2) is 11.5 Å². The van der Waals surface area contributed by atoms with E-state index in [0.29, 0.717) is 0 Å². The summed E-state index contributed by atoms with van der Waals surface area (Å²) in [5.74, 6) is 1.13. The molecule has 0 bridgehead atoms. The molecule has 0 saturated carbocycles. The maximum absolute atomic E-state index is 4.68. The van der Waals surface area contributed by atoms with Gasteiger partial charge < -0.3 is 4.90 Å². The van der Waals surface area contributed by atoms with E-state index < -0.39 is 0 Å². The fourth-order valence-electron chi connectivity index (χ4n) is 2.91. The van der Waals surface area contributed by atoms with Gasteiger partial charge in [0.1, 0.15) is 5.82 Å². The molecule has 3 heteroatoms. The fourth-order valence-corrected chi connectivity index (χ4v) is 3.22. The predicted octanol–water partition coefficient (Wildman–Crippen LogP) is 4.24. The Labute approximate surface area is 129 Å². The molecule has 3 rings (SSSR count). The van der Waals surface area contributed by atoms with Crippen molar-refractivity contribution in [3.63, 3.8) is 0 Å². The first-order valence-electron chi connectivity index (χ1n) is 7.11. The molecule has 2 heterocycles. The SMILES string of the molecule is Cc1cc(CBr)cnc1N1CCCc2ccccc2C1. The lowest BCUT2D eigenvalue weighted by molar-refractivity contribution is 0.751. The minimum absolute atomic E-state index is 0.865. The molecule has 0 atom stereocenters. The summed E-state index contributed by atoms with van der Waals surface area (Å²) in [6, 6.07) is 11.0. The van der Waals surface area contributed by atoms with E-state index in [4.69, 9.17) is 0 Å². The van der Waals surface area contributed by atoms with Crippen molar-refractivity contribution in [2.45, 2.75) is 31.6 Å². The van der Waals surface area contributed by atoms with E-state index in [9.17, 15) is 0 Å². The summed E-state index contributed by atoms with van der Waals surface area (Å²) in [7, 11) is 0. The third-order valence-corrected chi connectivity index (χ3v) is 4.56. The van der Waals surface area contributed by atoms with Crippen molar-refractivity contribution in [1.29, 1.82) is 0 Å². The third-order valence-electron chi connectivity index (χ3n) is 3.91. The van der Waals surface area contributed by atoms with Gasteiger partial charge in [-0.05, 0) is 42.0 Å². The molecule has 0 saturated heterocycles. The van der Waals surface area contributed by atoms with Gasteiger partial charge in [0.05, 0.1) is 0 Å². The summed E-state index contributed by atoms with van der Waals surface area (Å²) >= 11 is 3.49. The van der Waals surface area contributed by atoms with Gasteiger partial charge >= 0.3 is 0 Å². The highest BCUT2D eigenvalue weighted by molar-refractivity contribution is 9.08. The molecule has 0 fully saturated rings. The smallest absolute Gasteiger partial charge is 0.131 e. The molecule has 2 nitrogen and oxygen atoms in total. The molecule has 1 aromatic heterocycles. The van der Waals surface area contributed by atoms with E-state index >= 15 is 0 Å². The largest absolute Gasteiger partial charge is 0.352 e. The summed E-state index contributed by atoms with van der Waals surface area (Å²) < 4.78 is 0. The molecule has 0 aliphatic carbocycles. The Kier molecular flexibility index (Phi) is 4.06. The van der Waals surface area contributed by atoms with Crippen LogP contribution in [0.4, 0.5) is 5.82 Å². The van der Waals surface area contributed by atoms with Gasteiger partial charge in [0.25, 0.3) is 0 Å². The van der Waals surface area contributed by atoms with Crippen LogP contribution in [0.15, 0.2) is 36.5 Å². The predicted molar refractivity (Wildman–Crippen MR) is 87.4 cm³/mol. The van der Waals surface area contributed by atoms with Crippen LogP contribution in [0.25, 0.3) is 0 Å². The first-order valence-corrected chi connectivity index (χ1v) is 8.23. The lowest BCUT2D eigenvalue weighted by Crippen LogP contribution is -2.24. The quantitative estimate of drug-likeness (QED) is 0.765. The van der Waals surface area contributed by atoms with E-state index in [1.807, 2.05) is 6.20 Å². The Morgan fingerprint density at radius 2 is 2.05 bits per heavy atom. The first-order chi connectivity index (χ1) is 9.78. The molecule has 0 amide bonds. The van der Waals surface area contributed by atoms with Crippen molar-refractivity contribution < 1.29 is 0 Å². The number of aryl methyl sites for hydroxylation is 2. The molecule has 20 heavy (non-hydrogen) atoms. The summed E-state index contributed by atoms with van der Waals surface area (Å²) in [6.45, 7) is 4.21. The van der Waals surface area contributed by atoms with Crippen molar-refractivity contribution in [3.05, 3.63) is 58.8 Å². The second-order valence-electron chi connectivity index (χ2n) is 5.41. The molecule has 2 aromatic rings. The summed E-state index contributed by atoms with van der Waals surface area (Å²) in [6.07, 6.45) is 4.34. The lowest BCUT2D eigenvalue weighted by atomic mass is 10.0. The van der Waals surface area contributed by atoms with Crippen LogP contribution in [0.2, 0.25) is 0 Å². The highest BCUT2D eigenvalue weighted by Gasteiger charge is 2.16. The van der Waals surface area contributed by atoms with Gasteiger partial charge in [-0.2, -0.15) is 0 Å². The molecule has 0 spiro atoms. The van der Waals surface area contributed by atoms with Gasteiger partial charge in [-0.3, -0.25) is 0 Å². The van der Waals surface area contributed by atoms with Gasteiger partial charge in [-0.25, -0.2) is 4.98 Å². The molecular formula is C17H19BrN2. The van der Waals surface area contributed by atoms with Crippen LogP contribution in [-0.2, 0) is 18.3 Å². The van der Waals surface area contributed by atoms with Crippen molar-refractivity contribution in [1.82, 2.24) is 4.98 Å². The number of anilines is 1. The first kappa shape index (κ1) is 13.6. The Morgan fingerprint density at radius 1 is 1.25 bits per heavy atom. The Morgan fingerprint density at radius 3 is 2.80 bits per heavy atom. The molecule has 1 aromatic carbocycles. The Balaban J connectivity index is 1.91. The van der Waals surface area contributed by atoms with Crippen LogP contribution >= 0.6 is 15.9 Å². The van der Waals surface area contributed by atoms with Gasteiger partial charge in [0, 0.05) is 24.6 Å². The average molecular weight is 331 g/mol. The summed E-state index contributed by atoms with van der Waals surface area (Å²) in [5.41, 5.74) is 5.43. The van der Waals surface area contributed by atoms with Crippen molar-refractivity contribution in [2.75, 3.05) is 11.4 Å². The molecular weight excluding hydrogens is 312 g/mol. The second-order valence-corrected chi connectivity index (χ2v) is 5.97. The lowest BCUT2D eigenvalue weighted by Gasteiger charge is -2.24. The standard InChI is InChI=1S/C17H19BrN2/c1-13-9-14(10-18)11-19-17(13)20-8-4-7-15-5-2-3-6-16(15)12-20/h2-3,5-6,9,11H,4,7-8,10,12H2,1H3. The minimum atomic E-state index is 0.865. The summed E-state index contributed by atoms with van der Waals surface area (Å²) in [4.78, 5) is 7.10. The fraction of sp³-hybridized carbons (Fsp3) is 0.353. The summed E-state index contributed by atoms with van der Waals surface area (Å²) in [5, 5.41) is 0.865. The third kappa shape index (κ3) is 2.73. The van der Waals surface area contributed by atoms with Gasteiger partial charge in [-0.1, -0.05) is 46.3 Å². The number of nitrogens with zero attached hydrogens (tertiary/aromatic N) is 2. The zero-order valence-corrected chi connectivity index (χ0v) is 13.4. The molecule has 0 unspecified atom stereocenters. The normalized spacial score (nSPS) is 14.8. The van der Waals surface area contributed by atoms with Gasteiger partial charge in [0.15, 0.2) is 0 Å². The van der Waals surface area contributed by atoms with Gasteiger partial charge in [0.2, 0.25) is 0 Å². The van der Waals surface area contributed by atoms with Crippen molar-refractivity contribution in [2.24, 2.45) is 0 Å². The number of hydrogen-bond acceptors (Lipinski definition) is 2. The number of aromatic nitrogens is 1. The molecule has 0 N–H and O–H groups in total. The highest BCUT2D eigenvalue weighted by Crippen LogP contribution is 2.25. The van der Waals surface area contributed by atoms with Crippen molar-refractivity contribution >= 4 is 21.7 Å². The molecule has 0 radical (unpaired) electrons. The average Bonchev–Trinajstić information content (AvgIpc) is 2.69. The van der Waals surface area contributed by atoms with E-state index in [-0.39, 0.29) is 0 Å². The number of benzene rings is 1. The topological polar surface area (TPSA) is 16.1 Å². The number of rotatable bonds is 2. The zero-order chi connectivity index (χ0) is 13.9. The van der Waals surface area contributed by atoms with Crippen LogP contribution in [0.3, 0.4) is 0 Å². The van der Waals surface area contributed by atoms with Crippen LogP contribution in [0.1, 0.15) is 28.7 Å². The highest BCUT2D eigenvalue weighted by atomic mass is 79.9. The number of fused-ring (bicyclic) bond motifs is 1. The van der Waals surface area contributed by atoms with E-state index in [1.165, 1.54) is 35.1 Å². The van der Waals surface area contributed by atoms with Crippen molar-refractivity contribution in [3.8, 4) is 0 Å². The Bertz CT molecular complexity index is 610. The maximum Gasteiger partial charge on any atom is 0.131 e. The van der Waals surface area contributed by atoms with Crippen LogP contribution in [0.5, 0.6) is 0 Å². The van der Waals surface area contributed by atoms with E-state index in [2.05, 4.69) is 63.1 Å². The van der Waals surface area contributed by atoms with Gasteiger partial charge in [-0.15, -0.1) is 0 Å². The molecule has 104 valence electrons. The maximum atomic E-state index is 4.68. The minimum Gasteiger partial charge on any atom is -0.352 e. The van der Waals surface area contributed by atoms with E-state index in [1.54, 1.807) is 0 Å². The zero-order valence-electron chi connectivity index (χ0n) is 11.8. The monoisotopic (exact) mass is 330 g/mol. The number of alkyl halides is 1. The number of halogens is 1. The number of pyridine rings is 1. The molecule has 1 aliphatic rings. The van der Waals surface area contributed by atoms with Crippen LogP contribution in [0, 0.1) is 6.92 Å². The Hall–Kier alpha value is -1.35.